The highest BCUT2D eigenvalue weighted by Gasteiger charge is 2.11. The summed E-state index contributed by atoms with van der Waals surface area (Å²) in [5, 5.41) is 3.07. The summed E-state index contributed by atoms with van der Waals surface area (Å²) in [6, 6.07) is 6.02. The Kier molecular flexibility index (Phi) is 2.15. The highest BCUT2D eigenvalue weighted by Crippen LogP contribution is 2.23. The van der Waals surface area contributed by atoms with Crippen LogP contribution in [0.25, 0.3) is 22.1 Å². The molecule has 1 aliphatic rings. The van der Waals surface area contributed by atoms with Crippen LogP contribution in [0.2, 0.25) is 0 Å². The fourth-order valence-electron chi connectivity index (χ4n) is 1.98. The van der Waals surface area contributed by atoms with E-state index in [1.54, 1.807) is 0 Å². The number of hydrogen-bond donors (Lipinski definition) is 0. The molecular weight excluding hydrogens is 275 g/mol. The van der Waals surface area contributed by atoms with Crippen molar-refractivity contribution in [1.29, 1.82) is 0 Å². The Labute approximate surface area is 100 Å². The van der Waals surface area contributed by atoms with E-state index in [9.17, 15) is 0 Å². The van der Waals surface area contributed by atoms with Gasteiger partial charge in [-0.25, -0.2) is 0 Å². The molecule has 76 valence electrons. The van der Waals surface area contributed by atoms with Crippen LogP contribution < -0.4 is 10.6 Å². The van der Waals surface area contributed by atoms with E-state index in [1.165, 1.54) is 0 Å². The number of fused-ring (bicyclic) bond motifs is 3. The lowest BCUT2D eigenvalue weighted by molar-refractivity contribution is 0.570. The second-order valence-electron chi connectivity index (χ2n) is 3.61. The summed E-state index contributed by atoms with van der Waals surface area (Å²) in [5.41, 5.74) is 1.80. The highest BCUT2D eigenvalue weighted by atomic mass is 79.9. The largest absolute Gasteiger partial charge is 0.455 e. The molecule has 0 atom stereocenters. The maximum Gasteiger partial charge on any atom is 0.149 e. The smallest absolute Gasteiger partial charge is 0.149 e. The number of para-hydroxylation sites is 1. The number of halogens is 2. The molecule has 0 N–H and O–H groups in total. The van der Waals surface area contributed by atoms with E-state index < -0.39 is 0 Å². The predicted octanol–water partition coefficient (Wildman–Crippen LogP) is 3.12. The second kappa shape index (κ2) is 3.39. The van der Waals surface area contributed by atoms with Gasteiger partial charge in [0.1, 0.15) is 11.0 Å². The van der Waals surface area contributed by atoms with E-state index in [-0.39, 0.29) is 0 Å². The van der Waals surface area contributed by atoms with Gasteiger partial charge < -0.3 is 4.42 Å². The minimum atomic E-state index is 0.888. The summed E-state index contributed by atoms with van der Waals surface area (Å²) < 4.78 is 6.76. The fourth-order valence-corrected chi connectivity index (χ4v) is 2.73. The van der Waals surface area contributed by atoms with E-state index in [0.717, 1.165) is 43.9 Å². The molecule has 15 heavy (non-hydrogen) atoms. The van der Waals surface area contributed by atoms with Crippen molar-refractivity contribution in [2.45, 2.75) is 12.8 Å². The van der Waals surface area contributed by atoms with Crippen LogP contribution in [0.3, 0.4) is 0 Å². The first kappa shape index (κ1) is 9.49. The molecule has 0 saturated heterocycles. The van der Waals surface area contributed by atoms with Gasteiger partial charge in [-0.1, -0.05) is 23.7 Å². The zero-order chi connectivity index (χ0) is 10.4. The van der Waals surface area contributed by atoms with Crippen molar-refractivity contribution in [1.82, 2.24) is 0 Å². The molecule has 1 aromatic carbocycles. The van der Waals surface area contributed by atoms with Crippen molar-refractivity contribution in [2.24, 2.45) is 0 Å². The third kappa shape index (κ3) is 1.35. The van der Waals surface area contributed by atoms with Crippen LogP contribution in [0.5, 0.6) is 0 Å². The Morgan fingerprint density at radius 2 is 2.20 bits per heavy atom. The van der Waals surface area contributed by atoms with Crippen LogP contribution in [0.15, 0.2) is 27.1 Å². The maximum atomic E-state index is 6.24. The standard InChI is InChI=1S/C12H8BrClO/c13-8-4-1-3-7-11-9(14)5-2-6-10(11)15-12(7)8/h1,3-4,6H,2,5H2. The van der Waals surface area contributed by atoms with Crippen molar-refractivity contribution in [3.8, 4) is 0 Å². The first-order valence-corrected chi connectivity index (χ1v) is 6.00. The predicted molar refractivity (Wildman–Crippen MR) is 66.1 cm³/mol. The van der Waals surface area contributed by atoms with Gasteiger partial charge in [-0.3, -0.25) is 0 Å². The van der Waals surface area contributed by atoms with E-state index in [4.69, 9.17) is 16.0 Å². The Bertz CT molecular complexity index is 654. The van der Waals surface area contributed by atoms with Crippen molar-refractivity contribution in [2.75, 3.05) is 0 Å². The van der Waals surface area contributed by atoms with Crippen LogP contribution in [0.4, 0.5) is 0 Å². The summed E-state index contributed by atoms with van der Waals surface area (Å²) in [6.07, 6.45) is 3.98. The molecule has 0 unspecified atom stereocenters. The summed E-state index contributed by atoms with van der Waals surface area (Å²) in [4.78, 5) is 0. The maximum absolute atomic E-state index is 6.24. The molecule has 1 aromatic heterocycles. The van der Waals surface area contributed by atoms with E-state index in [0.29, 0.717) is 0 Å². The zero-order valence-electron chi connectivity index (χ0n) is 7.89. The SMILES string of the molecule is ClC1=c2c(oc3c(Br)cccc23)=CCC1. The van der Waals surface area contributed by atoms with Gasteiger partial charge in [-0.2, -0.15) is 0 Å². The number of furan rings is 1. The van der Waals surface area contributed by atoms with Crippen LogP contribution in [0, 0.1) is 0 Å². The van der Waals surface area contributed by atoms with Crippen LogP contribution >= 0.6 is 27.5 Å². The first-order chi connectivity index (χ1) is 7.27. The molecule has 1 nitrogen and oxygen atoms in total. The number of benzene rings is 1. The molecule has 0 spiro atoms. The zero-order valence-corrected chi connectivity index (χ0v) is 10.2. The molecule has 1 heterocycles. The first-order valence-electron chi connectivity index (χ1n) is 4.83. The Balaban J connectivity index is 2.65. The Hall–Kier alpha value is -0.730. The molecule has 0 aliphatic heterocycles. The molecule has 3 heteroatoms. The van der Waals surface area contributed by atoms with Crippen LogP contribution in [0.1, 0.15) is 12.8 Å². The lowest BCUT2D eigenvalue weighted by Gasteiger charge is -1.98. The normalized spacial score (nSPS) is 15.2. The highest BCUT2D eigenvalue weighted by molar-refractivity contribution is 9.10. The fraction of sp³-hybridized carbons (Fsp3) is 0.167. The minimum Gasteiger partial charge on any atom is -0.455 e. The number of hydrogen-bond acceptors (Lipinski definition) is 1. The van der Waals surface area contributed by atoms with Gasteiger partial charge in [0, 0.05) is 15.6 Å². The lowest BCUT2D eigenvalue weighted by atomic mass is 10.1. The van der Waals surface area contributed by atoms with Crippen molar-refractivity contribution >= 4 is 49.6 Å². The van der Waals surface area contributed by atoms with Gasteiger partial charge in [0.15, 0.2) is 0 Å². The second-order valence-corrected chi connectivity index (χ2v) is 4.92. The van der Waals surface area contributed by atoms with Crippen molar-refractivity contribution in [3.05, 3.63) is 33.3 Å². The van der Waals surface area contributed by atoms with Gasteiger partial charge in [-0.15, -0.1) is 0 Å². The molecule has 0 amide bonds. The van der Waals surface area contributed by atoms with Gasteiger partial charge in [-0.05, 0) is 40.9 Å². The molecular formula is C12H8BrClO. The molecule has 2 aromatic rings. The van der Waals surface area contributed by atoms with E-state index in [1.807, 2.05) is 18.2 Å². The Morgan fingerprint density at radius 3 is 3.07 bits per heavy atom. The average molecular weight is 284 g/mol. The van der Waals surface area contributed by atoms with Gasteiger partial charge in [0.2, 0.25) is 0 Å². The van der Waals surface area contributed by atoms with E-state index >= 15 is 0 Å². The number of rotatable bonds is 0. The average Bonchev–Trinajstić information content (AvgIpc) is 2.59. The molecule has 0 saturated carbocycles. The third-order valence-electron chi connectivity index (χ3n) is 2.66. The summed E-state index contributed by atoms with van der Waals surface area (Å²) in [7, 11) is 0. The van der Waals surface area contributed by atoms with Crippen molar-refractivity contribution in [3.63, 3.8) is 0 Å². The topological polar surface area (TPSA) is 13.1 Å². The summed E-state index contributed by atoms with van der Waals surface area (Å²) in [6.45, 7) is 0. The molecule has 0 fully saturated rings. The summed E-state index contributed by atoms with van der Waals surface area (Å²) >= 11 is 9.72. The van der Waals surface area contributed by atoms with Gasteiger partial charge in [0.05, 0.1) is 4.47 Å². The molecule has 0 radical (unpaired) electrons. The molecule has 3 rings (SSSR count). The monoisotopic (exact) mass is 282 g/mol. The Morgan fingerprint density at radius 1 is 1.33 bits per heavy atom. The molecule has 0 bridgehead atoms. The van der Waals surface area contributed by atoms with Crippen LogP contribution in [-0.2, 0) is 0 Å². The van der Waals surface area contributed by atoms with Gasteiger partial charge in [0.25, 0.3) is 0 Å². The quantitative estimate of drug-likeness (QED) is 0.724. The van der Waals surface area contributed by atoms with E-state index in [2.05, 4.69) is 22.0 Å². The van der Waals surface area contributed by atoms with Crippen LogP contribution in [-0.4, -0.2) is 0 Å². The van der Waals surface area contributed by atoms with Gasteiger partial charge >= 0.3 is 0 Å². The third-order valence-corrected chi connectivity index (χ3v) is 3.66. The van der Waals surface area contributed by atoms with Crippen molar-refractivity contribution < 1.29 is 4.42 Å². The summed E-state index contributed by atoms with van der Waals surface area (Å²) in [5.74, 6) is 0. The lowest BCUT2D eigenvalue weighted by Crippen LogP contribution is -2.24. The minimum absolute atomic E-state index is 0.888. The molecule has 1 aliphatic carbocycles.